The van der Waals surface area contributed by atoms with Gasteiger partial charge in [0.05, 0.1) is 11.7 Å². The number of carbonyl (C=O) groups is 1. The summed E-state index contributed by atoms with van der Waals surface area (Å²) in [6.07, 6.45) is 3.04. The molecule has 5 nitrogen and oxygen atoms in total. The number of aryl methyl sites for hydroxylation is 1. The molecule has 1 amide bonds. The van der Waals surface area contributed by atoms with E-state index in [0.29, 0.717) is 6.54 Å². The lowest BCUT2D eigenvalue weighted by molar-refractivity contribution is -0.135. The predicted octanol–water partition coefficient (Wildman–Crippen LogP) is 2.47. The molecule has 2 aromatic rings. The van der Waals surface area contributed by atoms with Crippen LogP contribution in [0.25, 0.3) is 0 Å². The van der Waals surface area contributed by atoms with Crippen molar-refractivity contribution in [1.82, 2.24) is 19.2 Å². The maximum atomic E-state index is 12.7. The highest BCUT2D eigenvalue weighted by atomic mass is 16.2. The number of nitrogens with zero attached hydrogens (tertiary/aromatic N) is 4. The van der Waals surface area contributed by atoms with E-state index < -0.39 is 0 Å². The Labute approximate surface area is 131 Å². The second-order valence-electron chi connectivity index (χ2n) is 6.05. The molecule has 22 heavy (non-hydrogen) atoms. The zero-order chi connectivity index (χ0) is 15.9. The van der Waals surface area contributed by atoms with E-state index in [0.717, 1.165) is 30.9 Å². The fourth-order valence-corrected chi connectivity index (χ4v) is 3.54. The molecule has 0 aliphatic carbocycles. The summed E-state index contributed by atoms with van der Waals surface area (Å²) in [5.41, 5.74) is 4.62. The van der Waals surface area contributed by atoms with Crippen molar-refractivity contribution in [2.75, 3.05) is 6.54 Å². The van der Waals surface area contributed by atoms with Gasteiger partial charge in [-0.05, 0) is 44.9 Å². The van der Waals surface area contributed by atoms with Gasteiger partial charge in [-0.15, -0.1) is 0 Å². The van der Waals surface area contributed by atoms with Crippen LogP contribution in [0.4, 0.5) is 0 Å². The van der Waals surface area contributed by atoms with E-state index in [-0.39, 0.29) is 11.9 Å². The van der Waals surface area contributed by atoms with E-state index in [1.54, 1.807) is 0 Å². The first-order valence-electron chi connectivity index (χ1n) is 8.00. The van der Waals surface area contributed by atoms with Crippen LogP contribution in [0.1, 0.15) is 42.5 Å². The molecule has 1 aliphatic heterocycles. The Bertz CT molecular complexity index is 698. The first-order chi connectivity index (χ1) is 10.5. The molecule has 3 rings (SSSR count). The third-order valence-electron chi connectivity index (χ3n) is 4.83. The van der Waals surface area contributed by atoms with Gasteiger partial charge in [-0.2, -0.15) is 5.10 Å². The second kappa shape index (κ2) is 5.63. The lowest BCUT2D eigenvalue weighted by atomic mass is 10.1. The van der Waals surface area contributed by atoms with Gasteiger partial charge >= 0.3 is 0 Å². The molecular weight excluding hydrogens is 276 g/mol. The zero-order valence-corrected chi connectivity index (χ0v) is 13.8. The molecule has 0 radical (unpaired) electrons. The normalized spacial score (nSPS) is 17.6. The summed E-state index contributed by atoms with van der Waals surface area (Å²) in [5, 5.41) is 4.54. The molecule has 0 aromatic carbocycles. The van der Waals surface area contributed by atoms with Crippen molar-refractivity contribution >= 4 is 5.91 Å². The summed E-state index contributed by atoms with van der Waals surface area (Å²) in [7, 11) is 0. The minimum atomic E-state index is 0.124. The van der Waals surface area contributed by atoms with Gasteiger partial charge in [-0.25, -0.2) is 0 Å². The van der Waals surface area contributed by atoms with E-state index in [4.69, 9.17) is 0 Å². The lowest BCUT2D eigenvalue weighted by Gasteiger charge is -2.35. The standard InChI is InChI=1S/C17H24N4O/c1-5-15-12(2)18-21(13(15)3)11-17(22)20-10-9-19-8-6-7-16(19)14(20)4/h6-8,14H,5,9-11H2,1-4H3. The summed E-state index contributed by atoms with van der Waals surface area (Å²) in [6.45, 7) is 10.3. The quantitative estimate of drug-likeness (QED) is 0.874. The number of amides is 1. The van der Waals surface area contributed by atoms with Crippen molar-refractivity contribution in [3.8, 4) is 0 Å². The van der Waals surface area contributed by atoms with Crippen molar-refractivity contribution in [1.29, 1.82) is 0 Å². The molecule has 3 heterocycles. The summed E-state index contributed by atoms with van der Waals surface area (Å²) >= 11 is 0. The Morgan fingerprint density at radius 2 is 2.14 bits per heavy atom. The molecule has 0 saturated heterocycles. The molecule has 118 valence electrons. The molecule has 0 fully saturated rings. The highest BCUT2D eigenvalue weighted by Crippen LogP contribution is 2.25. The van der Waals surface area contributed by atoms with Crippen LogP contribution < -0.4 is 0 Å². The first kappa shape index (κ1) is 14.9. The van der Waals surface area contributed by atoms with Crippen molar-refractivity contribution in [2.45, 2.75) is 53.2 Å². The fraction of sp³-hybridized carbons (Fsp3) is 0.529. The van der Waals surface area contributed by atoms with Crippen LogP contribution in [0, 0.1) is 13.8 Å². The van der Waals surface area contributed by atoms with Gasteiger partial charge < -0.3 is 9.47 Å². The topological polar surface area (TPSA) is 43.1 Å². The largest absolute Gasteiger partial charge is 0.348 e. The van der Waals surface area contributed by atoms with Crippen molar-refractivity contribution in [3.05, 3.63) is 41.0 Å². The number of hydrogen-bond acceptors (Lipinski definition) is 2. The van der Waals surface area contributed by atoms with Gasteiger partial charge in [0.1, 0.15) is 6.54 Å². The van der Waals surface area contributed by atoms with Gasteiger partial charge in [0.2, 0.25) is 5.91 Å². The van der Waals surface area contributed by atoms with Gasteiger partial charge in [0.15, 0.2) is 0 Å². The predicted molar refractivity (Wildman–Crippen MR) is 85.6 cm³/mol. The molecular formula is C17H24N4O. The number of aromatic nitrogens is 3. The third-order valence-corrected chi connectivity index (χ3v) is 4.83. The molecule has 1 aliphatic rings. The fourth-order valence-electron chi connectivity index (χ4n) is 3.54. The van der Waals surface area contributed by atoms with E-state index >= 15 is 0 Å². The third kappa shape index (κ3) is 2.34. The van der Waals surface area contributed by atoms with Crippen LogP contribution in [0.15, 0.2) is 18.3 Å². The highest BCUT2D eigenvalue weighted by Gasteiger charge is 2.28. The van der Waals surface area contributed by atoms with E-state index in [9.17, 15) is 4.79 Å². The van der Waals surface area contributed by atoms with Crippen LogP contribution in [0.3, 0.4) is 0 Å². The van der Waals surface area contributed by atoms with E-state index in [2.05, 4.69) is 42.7 Å². The van der Waals surface area contributed by atoms with Crippen LogP contribution in [-0.4, -0.2) is 31.7 Å². The molecule has 0 saturated carbocycles. The number of fused-ring (bicyclic) bond motifs is 1. The van der Waals surface area contributed by atoms with E-state index in [1.807, 2.05) is 22.6 Å². The Hall–Kier alpha value is -2.04. The van der Waals surface area contributed by atoms with Crippen LogP contribution in [-0.2, 0) is 24.3 Å². The second-order valence-corrected chi connectivity index (χ2v) is 6.05. The number of carbonyl (C=O) groups excluding carboxylic acids is 1. The molecule has 5 heteroatoms. The molecule has 1 unspecified atom stereocenters. The highest BCUT2D eigenvalue weighted by molar-refractivity contribution is 5.76. The molecule has 0 bridgehead atoms. The smallest absolute Gasteiger partial charge is 0.244 e. The minimum Gasteiger partial charge on any atom is -0.348 e. The molecule has 0 N–H and O–H groups in total. The molecule has 0 spiro atoms. The van der Waals surface area contributed by atoms with E-state index in [1.165, 1.54) is 11.3 Å². The van der Waals surface area contributed by atoms with Crippen molar-refractivity contribution in [2.24, 2.45) is 0 Å². The Morgan fingerprint density at radius 1 is 1.36 bits per heavy atom. The maximum Gasteiger partial charge on any atom is 0.244 e. The summed E-state index contributed by atoms with van der Waals surface area (Å²) in [5.74, 6) is 0.146. The Balaban J connectivity index is 1.78. The van der Waals surface area contributed by atoms with Crippen LogP contribution in [0.2, 0.25) is 0 Å². The average molecular weight is 300 g/mol. The van der Waals surface area contributed by atoms with Gasteiger partial charge in [0.25, 0.3) is 0 Å². The SMILES string of the molecule is CCc1c(C)nn(CC(=O)N2CCn3cccc3C2C)c1C. The first-order valence-corrected chi connectivity index (χ1v) is 8.00. The van der Waals surface area contributed by atoms with Crippen LogP contribution >= 0.6 is 0 Å². The van der Waals surface area contributed by atoms with Gasteiger partial charge in [-0.1, -0.05) is 6.92 Å². The summed E-state index contributed by atoms with van der Waals surface area (Å²) < 4.78 is 4.09. The minimum absolute atomic E-state index is 0.124. The Morgan fingerprint density at radius 3 is 2.82 bits per heavy atom. The van der Waals surface area contributed by atoms with Gasteiger partial charge in [0, 0.05) is 30.7 Å². The Kier molecular flexibility index (Phi) is 3.81. The molecule has 2 aromatic heterocycles. The number of hydrogen-bond donors (Lipinski definition) is 0. The summed E-state index contributed by atoms with van der Waals surface area (Å²) in [4.78, 5) is 14.7. The van der Waals surface area contributed by atoms with Crippen molar-refractivity contribution in [3.63, 3.8) is 0 Å². The monoisotopic (exact) mass is 300 g/mol. The zero-order valence-electron chi connectivity index (χ0n) is 13.8. The summed E-state index contributed by atoms with van der Waals surface area (Å²) in [6, 6.07) is 4.27. The van der Waals surface area contributed by atoms with Gasteiger partial charge in [-0.3, -0.25) is 9.48 Å². The van der Waals surface area contributed by atoms with Crippen molar-refractivity contribution < 1.29 is 4.79 Å². The van der Waals surface area contributed by atoms with Crippen LogP contribution in [0.5, 0.6) is 0 Å². The maximum absolute atomic E-state index is 12.7. The average Bonchev–Trinajstić information content (AvgIpc) is 3.05. The lowest BCUT2D eigenvalue weighted by Crippen LogP contribution is -2.42. The number of rotatable bonds is 3. The molecule has 1 atom stereocenters.